The van der Waals surface area contributed by atoms with E-state index in [1.807, 2.05) is 36.4 Å². The minimum absolute atomic E-state index is 0.0713. The zero-order valence-corrected chi connectivity index (χ0v) is 16.1. The number of ether oxygens (including phenoxy) is 1. The molecule has 0 radical (unpaired) electrons. The summed E-state index contributed by atoms with van der Waals surface area (Å²) in [6, 6.07) is 16.1. The lowest BCUT2D eigenvalue weighted by Crippen LogP contribution is -2.19. The fraction of sp³-hybridized carbons (Fsp3) is 0.0952. The fourth-order valence-electron chi connectivity index (χ4n) is 3.46. The maximum atomic E-state index is 12.4. The van der Waals surface area contributed by atoms with E-state index in [4.69, 9.17) is 4.74 Å². The molecular formula is C21H15BrN2O4. The number of fused-ring (bicyclic) bond motifs is 3. The minimum Gasteiger partial charge on any atom is -0.478 e. The molecule has 0 saturated heterocycles. The van der Waals surface area contributed by atoms with Crippen molar-refractivity contribution in [3.05, 3.63) is 82.1 Å². The molecule has 1 aromatic heterocycles. The molecule has 1 aliphatic carbocycles. The Balaban J connectivity index is 1.53. The summed E-state index contributed by atoms with van der Waals surface area (Å²) < 4.78 is 5.81. The van der Waals surface area contributed by atoms with Gasteiger partial charge >= 0.3 is 12.1 Å². The van der Waals surface area contributed by atoms with Crippen LogP contribution in [0.4, 0.5) is 10.5 Å². The zero-order chi connectivity index (χ0) is 19.7. The van der Waals surface area contributed by atoms with E-state index in [0.29, 0.717) is 4.47 Å². The third kappa shape index (κ3) is 3.25. The molecule has 2 N–H and O–H groups in total. The summed E-state index contributed by atoms with van der Waals surface area (Å²) in [7, 11) is 0. The van der Waals surface area contributed by atoms with Crippen molar-refractivity contribution in [2.45, 2.75) is 5.92 Å². The third-order valence-electron chi connectivity index (χ3n) is 4.70. The smallest absolute Gasteiger partial charge is 0.411 e. The number of carboxylic acid groups (broad SMARTS) is 1. The molecule has 2 aromatic carbocycles. The number of nitrogens with zero attached hydrogens (tertiary/aromatic N) is 1. The van der Waals surface area contributed by atoms with E-state index in [1.54, 1.807) is 0 Å². The molecular weight excluding hydrogens is 424 g/mol. The number of hydrogen-bond donors (Lipinski definition) is 2. The van der Waals surface area contributed by atoms with Crippen LogP contribution in [0.25, 0.3) is 11.1 Å². The van der Waals surface area contributed by atoms with Crippen LogP contribution in [0.2, 0.25) is 0 Å². The molecule has 4 rings (SSSR count). The number of carboxylic acids is 1. The van der Waals surface area contributed by atoms with Gasteiger partial charge in [0, 0.05) is 18.3 Å². The van der Waals surface area contributed by atoms with Crippen LogP contribution in [-0.4, -0.2) is 28.8 Å². The van der Waals surface area contributed by atoms with Crippen molar-refractivity contribution in [2.75, 3.05) is 11.9 Å². The lowest BCUT2D eigenvalue weighted by Gasteiger charge is -2.15. The van der Waals surface area contributed by atoms with Crippen LogP contribution in [-0.2, 0) is 4.74 Å². The summed E-state index contributed by atoms with van der Waals surface area (Å²) in [5.74, 6) is -1.26. The monoisotopic (exact) mass is 438 g/mol. The summed E-state index contributed by atoms with van der Waals surface area (Å²) in [5.41, 5.74) is 4.47. The number of carbonyl (C=O) groups is 2. The molecule has 6 nitrogen and oxygen atoms in total. The molecule has 0 atom stereocenters. The van der Waals surface area contributed by atoms with E-state index < -0.39 is 12.1 Å². The number of amides is 1. The quantitative estimate of drug-likeness (QED) is 0.604. The first kappa shape index (κ1) is 18.2. The number of carbonyl (C=O) groups excluding carboxylic acids is 1. The van der Waals surface area contributed by atoms with E-state index in [1.165, 1.54) is 12.4 Å². The van der Waals surface area contributed by atoms with E-state index in [-0.39, 0.29) is 23.8 Å². The Bertz CT molecular complexity index is 1040. The van der Waals surface area contributed by atoms with Gasteiger partial charge in [0.25, 0.3) is 0 Å². The summed E-state index contributed by atoms with van der Waals surface area (Å²) >= 11 is 3.21. The molecule has 0 spiro atoms. The van der Waals surface area contributed by atoms with Crippen LogP contribution in [0.1, 0.15) is 27.4 Å². The van der Waals surface area contributed by atoms with Gasteiger partial charge in [-0.25, -0.2) is 9.59 Å². The summed E-state index contributed by atoms with van der Waals surface area (Å²) in [5, 5.41) is 11.8. The second-order valence-electron chi connectivity index (χ2n) is 6.30. The standard InChI is InChI=1S/C21H15BrN2O4/c22-18-10-23-9-16(20(25)26)19(18)24-21(27)28-11-17-14-7-3-1-5-12(14)13-6-2-4-8-15(13)17/h1-10,17H,11H2,(H,25,26)(H,23,24,27). The maximum absolute atomic E-state index is 12.4. The Hall–Kier alpha value is -3.19. The van der Waals surface area contributed by atoms with Crippen molar-refractivity contribution in [2.24, 2.45) is 0 Å². The molecule has 3 aromatic rings. The molecule has 0 saturated carbocycles. The number of halogens is 1. The average Bonchev–Trinajstić information content (AvgIpc) is 3.02. The lowest BCUT2D eigenvalue weighted by molar-refractivity contribution is 0.0697. The van der Waals surface area contributed by atoms with Gasteiger partial charge in [-0.2, -0.15) is 0 Å². The first-order valence-electron chi connectivity index (χ1n) is 8.55. The predicted octanol–water partition coefficient (Wildman–Crippen LogP) is 4.90. The number of nitrogens with one attached hydrogen (secondary N) is 1. The van der Waals surface area contributed by atoms with Crippen molar-refractivity contribution in [1.29, 1.82) is 0 Å². The van der Waals surface area contributed by atoms with Crippen LogP contribution in [0.15, 0.2) is 65.4 Å². The molecule has 1 heterocycles. The summed E-state index contributed by atoms with van der Waals surface area (Å²) in [6.45, 7) is 0.144. The first-order chi connectivity index (χ1) is 13.6. The first-order valence-corrected chi connectivity index (χ1v) is 9.34. The zero-order valence-electron chi connectivity index (χ0n) is 14.6. The van der Waals surface area contributed by atoms with Crippen LogP contribution in [0.3, 0.4) is 0 Å². The average molecular weight is 439 g/mol. The Morgan fingerprint density at radius 1 is 1.04 bits per heavy atom. The van der Waals surface area contributed by atoms with Crippen molar-refractivity contribution in [3.63, 3.8) is 0 Å². The van der Waals surface area contributed by atoms with Crippen LogP contribution >= 0.6 is 15.9 Å². The van der Waals surface area contributed by atoms with Gasteiger partial charge in [0.05, 0.1) is 10.2 Å². The van der Waals surface area contributed by atoms with Crippen molar-refractivity contribution in [1.82, 2.24) is 4.98 Å². The van der Waals surface area contributed by atoms with E-state index >= 15 is 0 Å². The number of anilines is 1. The van der Waals surface area contributed by atoms with E-state index in [2.05, 4.69) is 38.4 Å². The Morgan fingerprint density at radius 3 is 2.25 bits per heavy atom. The number of aromatic nitrogens is 1. The number of pyridine rings is 1. The second-order valence-corrected chi connectivity index (χ2v) is 7.15. The normalized spacial score (nSPS) is 12.2. The van der Waals surface area contributed by atoms with Gasteiger partial charge in [-0.1, -0.05) is 48.5 Å². The van der Waals surface area contributed by atoms with Crippen molar-refractivity contribution < 1.29 is 19.4 Å². The number of rotatable bonds is 4. The van der Waals surface area contributed by atoms with E-state index in [9.17, 15) is 14.7 Å². The molecule has 0 aliphatic heterocycles. The van der Waals surface area contributed by atoms with Gasteiger partial charge in [0.2, 0.25) is 0 Å². The molecule has 0 unspecified atom stereocenters. The highest BCUT2D eigenvalue weighted by Gasteiger charge is 2.29. The number of hydrogen-bond acceptors (Lipinski definition) is 4. The van der Waals surface area contributed by atoms with Crippen LogP contribution < -0.4 is 5.32 Å². The van der Waals surface area contributed by atoms with Gasteiger partial charge in [-0.15, -0.1) is 0 Å². The van der Waals surface area contributed by atoms with Gasteiger partial charge < -0.3 is 9.84 Å². The SMILES string of the molecule is O=C(Nc1c(Br)cncc1C(=O)O)OCC1c2ccccc2-c2ccccc21. The molecule has 0 bridgehead atoms. The maximum Gasteiger partial charge on any atom is 0.411 e. The third-order valence-corrected chi connectivity index (χ3v) is 5.30. The van der Waals surface area contributed by atoms with Crippen LogP contribution in [0.5, 0.6) is 0 Å². The molecule has 140 valence electrons. The summed E-state index contributed by atoms with van der Waals surface area (Å²) in [4.78, 5) is 27.5. The Kier molecular flexibility index (Phi) is 4.83. The van der Waals surface area contributed by atoms with Gasteiger partial charge in [0.1, 0.15) is 12.2 Å². The van der Waals surface area contributed by atoms with Crippen molar-refractivity contribution in [3.8, 4) is 11.1 Å². The summed E-state index contributed by atoms with van der Waals surface area (Å²) in [6.07, 6.45) is 1.86. The number of aromatic carboxylic acids is 1. The van der Waals surface area contributed by atoms with Gasteiger partial charge in [0.15, 0.2) is 0 Å². The molecule has 1 aliphatic rings. The Labute approximate surface area is 169 Å². The predicted molar refractivity (Wildman–Crippen MR) is 108 cm³/mol. The molecule has 1 amide bonds. The molecule has 0 fully saturated rings. The second kappa shape index (κ2) is 7.44. The van der Waals surface area contributed by atoms with Gasteiger partial charge in [-0.05, 0) is 38.2 Å². The molecule has 7 heteroatoms. The highest BCUT2D eigenvalue weighted by molar-refractivity contribution is 9.10. The van der Waals surface area contributed by atoms with Gasteiger partial charge in [-0.3, -0.25) is 10.3 Å². The number of benzene rings is 2. The topological polar surface area (TPSA) is 88.5 Å². The Morgan fingerprint density at radius 2 is 1.64 bits per heavy atom. The molecule has 28 heavy (non-hydrogen) atoms. The highest BCUT2D eigenvalue weighted by atomic mass is 79.9. The van der Waals surface area contributed by atoms with Crippen molar-refractivity contribution >= 4 is 33.7 Å². The minimum atomic E-state index is -1.19. The fourth-order valence-corrected chi connectivity index (χ4v) is 3.89. The van der Waals surface area contributed by atoms with E-state index in [0.717, 1.165) is 22.3 Å². The largest absolute Gasteiger partial charge is 0.478 e. The lowest BCUT2D eigenvalue weighted by atomic mass is 9.98. The highest BCUT2D eigenvalue weighted by Crippen LogP contribution is 2.44. The van der Waals surface area contributed by atoms with Crippen LogP contribution in [0, 0.1) is 0 Å².